The van der Waals surface area contributed by atoms with Gasteiger partial charge in [0.05, 0.1) is 0 Å². The summed E-state index contributed by atoms with van der Waals surface area (Å²) in [5, 5.41) is 9.09. The van der Waals surface area contributed by atoms with E-state index in [1.54, 1.807) is 11.9 Å². The Bertz CT molecular complexity index is 78.8. The van der Waals surface area contributed by atoms with Crippen LogP contribution < -0.4 is 0 Å². The molecule has 48 valence electrons. The first-order valence-electron chi connectivity index (χ1n) is 2.83. The first kappa shape index (κ1) is 6.39. The highest BCUT2D eigenvalue weighted by molar-refractivity contribution is 7.96. The van der Waals surface area contributed by atoms with E-state index in [1.165, 1.54) is 0 Å². The highest BCUT2D eigenvalue weighted by atomic mass is 32.2. The Hall–Kier alpha value is 0.270. The summed E-state index contributed by atoms with van der Waals surface area (Å²) in [5.41, 5.74) is 0. The molecule has 0 aromatic heterocycles. The first-order valence-corrected chi connectivity index (χ1v) is 4.01. The van der Waals surface area contributed by atoms with E-state index in [0.717, 1.165) is 19.4 Å². The fourth-order valence-corrected chi connectivity index (χ4v) is 1.60. The van der Waals surface area contributed by atoms with Crippen molar-refractivity contribution in [3.8, 4) is 0 Å². The van der Waals surface area contributed by atoms with Crippen molar-refractivity contribution in [1.82, 2.24) is 4.31 Å². The molecule has 1 rings (SSSR count). The lowest BCUT2D eigenvalue weighted by Crippen LogP contribution is -2.20. The van der Waals surface area contributed by atoms with E-state index in [-0.39, 0.29) is 6.23 Å². The van der Waals surface area contributed by atoms with Crippen LogP contribution in [0.15, 0.2) is 0 Å². The fourth-order valence-electron chi connectivity index (χ4n) is 0.936. The van der Waals surface area contributed by atoms with Gasteiger partial charge in [0.1, 0.15) is 6.23 Å². The molecular formula is C5H11NOS. The monoisotopic (exact) mass is 133 g/mol. The predicted octanol–water partition coefficient (Wildman–Crippen LogP) is 0.679. The molecule has 0 radical (unpaired) electrons. The van der Waals surface area contributed by atoms with Crippen LogP contribution in [0.3, 0.4) is 0 Å². The second-order valence-electron chi connectivity index (χ2n) is 1.95. The molecule has 0 amide bonds. The Balaban J connectivity index is 2.30. The van der Waals surface area contributed by atoms with Crippen molar-refractivity contribution in [2.45, 2.75) is 19.1 Å². The zero-order valence-corrected chi connectivity index (χ0v) is 5.82. The van der Waals surface area contributed by atoms with Crippen LogP contribution in [-0.2, 0) is 0 Å². The summed E-state index contributed by atoms with van der Waals surface area (Å²) in [4.78, 5) is 0. The fraction of sp³-hybridized carbons (Fsp3) is 1.00. The number of hydrogen-bond donors (Lipinski definition) is 1. The first-order chi connectivity index (χ1) is 3.84. The molecule has 0 aliphatic carbocycles. The van der Waals surface area contributed by atoms with Gasteiger partial charge in [-0.1, -0.05) is 11.9 Å². The highest BCUT2D eigenvalue weighted by Crippen LogP contribution is 2.20. The molecule has 0 aromatic carbocycles. The van der Waals surface area contributed by atoms with E-state index in [2.05, 4.69) is 0 Å². The number of aliphatic hydroxyl groups is 1. The van der Waals surface area contributed by atoms with Crippen LogP contribution in [0.4, 0.5) is 0 Å². The summed E-state index contributed by atoms with van der Waals surface area (Å²) in [6, 6.07) is 0. The van der Waals surface area contributed by atoms with Crippen molar-refractivity contribution < 1.29 is 5.11 Å². The van der Waals surface area contributed by atoms with Crippen molar-refractivity contribution >= 4 is 11.9 Å². The van der Waals surface area contributed by atoms with Gasteiger partial charge in [-0.2, -0.15) is 0 Å². The maximum absolute atomic E-state index is 9.09. The van der Waals surface area contributed by atoms with Gasteiger partial charge >= 0.3 is 0 Å². The molecule has 3 heteroatoms. The van der Waals surface area contributed by atoms with E-state index in [0.29, 0.717) is 0 Å². The Kier molecular flexibility index (Phi) is 2.16. The topological polar surface area (TPSA) is 23.5 Å². The summed E-state index contributed by atoms with van der Waals surface area (Å²) < 4.78 is 2.00. The Morgan fingerprint density at radius 2 is 2.50 bits per heavy atom. The van der Waals surface area contributed by atoms with E-state index in [9.17, 15) is 0 Å². The molecule has 1 saturated heterocycles. The predicted molar refractivity (Wildman–Crippen MR) is 35.5 cm³/mol. The molecule has 0 bridgehead atoms. The molecule has 8 heavy (non-hydrogen) atoms. The van der Waals surface area contributed by atoms with Crippen LogP contribution in [0.5, 0.6) is 0 Å². The number of hydrogen-bond acceptors (Lipinski definition) is 3. The van der Waals surface area contributed by atoms with Gasteiger partial charge < -0.3 is 5.11 Å². The largest absolute Gasteiger partial charge is 0.378 e. The van der Waals surface area contributed by atoms with Crippen LogP contribution in [-0.4, -0.2) is 28.4 Å². The minimum atomic E-state index is -0.176. The van der Waals surface area contributed by atoms with Crippen LogP contribution in [0.1, 0.15) is 12.8 Å². The summed E-state index contributed by atoms with van der Waals surface area (Å²) in [6.45, 7) is 1.04. The van der Waals surface area contributed by atoms with Gasteiger partial charge in [0.25, 0.3) is 0 Å². The zero-order chi connectivity index (χ0) is 5.98. The second-order valence-corrected chi connectivity index (χ2v) is 2.78. The summed E-state index contributed by atoms with van der Waals surface area (Å²) in [5.74, 6) is 0. The minimum absolute atomic E-state index is 0.176. The third-order valence-corrected chi connectivity index (χ3v) is 2.30. The lowest BCUT2D eigenvalue weighted by atomic mass is 10.4. The smallest absolute Gasteiger partial charge is 0.116 e. The Morgan fingerprint density at radius 1 is 1.75 bits per heavy atom. The maximum Gasteiger partial charge on any atom is 0.116 e. The highest BCUT2D eigenvalue weighted by Gasteiger charge is 2.20. The van der Waals surface area contributed by atoms with Crippen molar-refractivity contribution in [3.05, 3.63) is 0 Å². The van der Waals surface area contributed by atoms with Gasteiger partial charge in [0.15, 0.2) is 0 Å². The van der Waals surface area contributed by atoms with E-state index < -0.39 is 0 Å². The number of nitrogens with zero attached hydrogens (tertiary/aromatic N) is 1. The van der Waals surface area contributed by atoms with Crippen LogP contribution in [0, 0.1) is 0 Å². The average Bonchev–Trinajstić information content (AvgIpc) is 2.14. The molecule has 0 aromatic rings. The third kappa shape index (κ3) is 1.16. The average molecular weight is 133 g/mol. The number of aliphatic hydroxyl groups excluding tert-OH is 1. The maximum atomic E-state index is 9.09. The van der Waals surface area contributed by atoms with E-state index in [1.807, 2.05) is 10.6 Å². The van der Waals surface area contributed by atoms with Gasteiger partial charge in [-0.05, 0) is 19.1 Å². The zero-order valence-electron chi connectivity index (χ0n) is 5.00. The van der Waals surface area contributed by atoms with Crippen LogP contribution >= 0.6 is 11.9 Å². The van der Waals surface area contributed by atoms with Gasteiger partial charge in [0.2, 0.25) is 0 Å². The van der Waals surface area contributed by atoms with Gasteiger partial charge in [-0.15, -0.1) is 0 Å². The van der Waals surface area contributed by atoms with Gasteiger partial charge in [-0.25, -0.2) is 4.31 Å². The summed E-state index contributed by atoms with van der Waals surface area (Å²) in [6.07, 6.45) is 3.90. The summed E-state index contributed by atoms with van der Waals surface area (Å²) in [7, 11) is 0. The molecule has 0 saturated carbocycles. The molecule has 1 aliphatic heterocycles. The third-order valence-electron chi connectivity index (χ3n) is 1.41. The lowest BCUT2D eigenvalue weighted by molar-refractivity contribution is 0.103. The molecule has 1 atom stereocenters. The second kappa shape index (κ2) is 2.71. The molecular weight excluding hydrogens is 122 g/mol. The van der Waals surface area contributed by atoms with E-state index >= 15 is 0 Å². The molecule has 2 nitrogen and oxygen atoms in total. The van der Waals surface area contributed by atoms with Crippen LogP contribution in [0.25, 0.3) is 0 Å². The van der Waals surface area contributed by atoms with E-state index in [4.69, 9.17) is 5.11 Å². The SMILES string of the molecule is CSN1CCCC1O. The minimum Gasteiger partial charge on any atom is -0.378 e. The molecule has 1 aliphatic rings. The molecule has 0 spiro atoms. The molecule has 1 heterocycles. The van der Waals surface area contributed by atoms with Crippen molar-refractivity contribution in [3.63, 3.8) is 0 Å². The lowest BCUT2D eigenvalue weighted by Gasteiger charge is -2.14. The Labute approximate surface area is 54.0 Å². The summed E-state index contributed by atoms with van der Waals surface area (Å²) >= 11 is 1.62. The van der Waals surface area contributed by atoms with Crippen molar-refractivity contribution in [2.75, 3.05) is 12.8 Å². The van der Waals surface area contributed by atoms with Crippen LogP contribution in [0.2, 0.25) is 0 Å². The van der Waals surface area contributed by atoms with Gasteiger partial charge in [-0.3, -0.25) is 0 Å². The molecule has 1 unspecified atom stereocenters. The molecule has 1 N–H and O–H groups in total. The van der Waals surface area contributed by atoms with Crippen molar-refractivity contribution in [2.24, 2.45) is 0 Å². The van der Waals surface area contributed by atoms with Crippen molar-refractivity contribution in [1.29, 1.82) is 0 Å². The molecule has 1 fully saturated rings. The number of rotatable bonds is 1. The Morgan fingerprint density at radius 3 is 2.75 bits per heavy atom. The quantitative estimate of drug-likeness (QED) is 0.532. The normalized spacial score (nSPS) is 31.5. The van der Waals surface area contributed by atoms with Gasteiger partial charge in [0, 0.05) is 6.54 Å². The standard InChI is InChI=1S/C5H11NOS/c1-8-6-4-2-3-5(6)7/h5,7H,2-4H2,1H3.